The van der Waals surface area contributed by atoms with Crippen molar-refractivity contribution in [3.8, 4) is 0 Å². The Hall–Kier alpha value is -3.24. The van der Waals surface area contributed by atoms with E-state index in [1.165, 1.54) is 30.3 Å². The van der Waals surface area contributed by atoms with Gasteiger partial charge in [0.05, 0.1) is 33.2 Å². The molecule has 9 nitrogen and oxygen atoms in total. The van der Waals surface area contributed by atoms with E-state index in [9.17, 15) is 28.5 Å². The summed E-state index contributed by atoms with van der Waals surface area (Å²) in [7, 11) is -4.27. The number of para-hydroxylation sites is 1. The minimum atomic E-state index is -4.27. The summed E-state index contributed by atoms with van der Waals surface area (Å²) >= 11 is 0. The summed E-state index contributed by atoms with van der Waals surface area (Å²) in [5.41, 5.74) is -0.221. The van der Waals surface area contributed by atoms with Crippen molar-refractivity contribution in [2.75, 3.05) is 4.31 Å². The number of anilines is 1. The highest BCUT2D eigenvalue weighted by molar-refractivity contribution is 7.92. The number of nitro groups is 1. The Balaban J connectivity index is 1.95. The summed E-state index contributed by atoms with van der Waals surface area (Å²) in [6.45, 7) is 0. The molecule has 28 heavy (non-hydrogen) atoms. The number of amides is 1. The molecule has 0 radical (unpaired) electrons. The number of nitro benzene ring substituents is 1. The smallest absolute Gasteiger partial charge is 0.279 e. The first-order valence-electron chi connectivity index (χ1n) is 8.39. The van der Waals surface area contributed by atoms with Gasteiger partial charge in [-0.2, -0.15) is 0 Å². The molecule has 0 bridgehead atoms. The molecule has 1 heterocycles. The molecule has 1 aliphatic carbocycles. The third kappa shape index (κ3) is 2.65. The first-order valence-corrected chi connectivity index (χ1v) is 9.83. The number of sulfonamides is 1. The number of hydroxylamine groups is 2. The largest absolute Gasteiger partial charge is 0.285 e. The van der Waals surface area contributed by atoms with Gasteiger partial charge in [-0.15, -0.1) is 0 Å². The standard InChI is InChI=1S/C18H15N3O6S/c22-18-14-7-1-2-8-15(14)20(17-10-4-9-16(17)19(18)23)28(26,27)13-6-3-5-12(11-13)21(24)25/h1-8,10-11,16-17,23H,9H2/t16-,17+/m0/s1. The zero-order valence-corrected chi connectivity index (χ0v) is 15.2. The van der Waals surface area contributed by atoms with Crippen molar-refractivity contribution in [2.45, 2.75) is 23.4 Å². The third-order valence-corrected chi connectivity index (χ3v) is 6.66. The van der Waals surface area contributed by atoms with Gasteiger partial charge in [0, 0.05) is 12.1 Å². The summed E-state index contributed by atoms with van der Waals surface area (Å²) in [6, 6.07) is 9.16. The minimum Gasteiger partial charge on any atom is -0.285 e. The Labute approximate surface area is 160 Å². The zero-order valence-electron chi connectivity index (χ0n) is 14.4. The van der Waals surface area contributed by atoms with Gasteiger partial charge in [-0.05, 0) is 24.6 Å². The van der Waals surface area contributed by atoms with E-state index in [4.69, 9.17) is 0 Å². The first-order chi connectivity index (χ1) is 13.3. The van der Waals surface area contributed by atoms with Crippen molar-refractivity contribution in [2.24, 2.45) is 0 Å². The van der Waals surface area contributed by atoms with Gasteiger partial charge in [0.15, 0.2) is 0 Å². The van der Waals surface area contributed by atoms with Gasteiger partial charge < -0.3 is 0 Å². The van der Waals surface area contributed by atoms with Crippen LogP contribution in [0.25, 0.3) is 0 Å². The average molecular weight is 401 g/mol. The highest BCUT2D eigenvalue weighted by Crippen LogP contribution is 2.38. The van der Waals surface area contributed by atoms with Gasteiger partial charge in [0.25, 0.3) is 21.6 Å². The first kappa shape index (κ1) is 18.1. The molecule has 2 aliphatic rings. The number of rotatable bonds is 3. The fraction of sp³-hybridized carbons (Fsp3) is 0.167. The third-order valence-electron chi connectivity index (χ3n) is 4.86. The fourth-order valence-corrected chi connectivity index (χ4v) is 5.24. The molecule has 144 valence electrons. The van der Waals surface area contributed by atoms with Crippen LogP contribution in [-0.2, 0) is 10.0 Å². The monoisotopic (exact) mass is 401 g/mol. The number of carbonyl (C=O) groups is 1. The van der Waals surface area contributed by atoms with Crippen LogP contribution in [0.1, 0.15) is 16.8 Å². The number of carbonyl (C=O) groups excluding carboxylic acids is 1. The predicted molar refractivity (Wildman–Crippen MR) is 98.5 cm³/mol. The van der Waals surface area contributed by atoms with Crippen molar-refractivity contribution in [1.82, 2.24) is 5.06 Å². The lowest BCUT2D eigenvalue weighted by Crippen LogP contribution is -2.49. The number of non-ortho nitro benzene ring substituents is 1. The second-order valence-corrected chi connectivity index (χ2v) is 8.26. The van der Waals surface area contributed by atoms with Crippen LogP contribution in [0, 0.1) is 10.1 Å². The van der Waals surface area contributed by atoms with Crippen LogP contribution in [0.5, 0.6) is 0 Å². The van der Waals surface area contributed by atoms with Crippen molar-refractivity contribution >= 4 is 27.3 Å². The second kappa shape index (κ2) is 6.43. The maximum Gasteiger partial charge on any atom is 0.279 e. The lowest BCUT2D eigenvalue weighted by atomic mass is 10.1. The highest BCUT2D eigenvalue weighted by Gasteiger charge is 2.45. The molecule has 1 aliphatic heterocycles. The molecule has 2 aromatic carbocycles. The van der Waals surface area contributed by atoms with Crippen molar-refractivity contribution in [3.05, 3.63) is 76.4 Å². The summed E-state index contributed by atoms with van der Waals surface area (Å²) in [5, 5.41) is 22.0. The Bertz CT molecular complexity index is 1110. The Kier molecular flexibility index (Phi) is 4.16. The maximum absolute atomic E-state index is 13.5. The van der Waals surface area contributed by atoms with Crippen LogP contribution in [0.3, 0.4) is 0 Å². The molecule has 2 aromatic rings. The molecule has 0 saturated heterocycles. The molecule has 1 amide bonds. The number of benzene rings is 2. The number of hydrogen-bond acceptors (Lipinski definition) is 6. The SMILES string of the molecule is O=C1c2ccccc2N(S(=O)(=O)c2cccc([N+](=O)[O-])c2)[C@@H]2C=CC[C@@H]2N1O. The van der Waals surface area contributed by atoms with Crippen LogP contribution in [0.2, 0.25) is 0 Å². The predicted octanol–water partition coefficient (Wildman–Crippen LogP) is 2.33. The molecule has 0 aromatic heterocycles. The van der Waals surface area contributed by atoms with Crippen LogP contribution in [0.15, 0.2) is 65.6 Å². The lowest BCUT2D eigenvalue weighted by molar-refractivity contribution is -0.385. The van der Waals surface area contributed by atoms with Crippen molar-refractivity contribution < 1.29 is 23.3 Å². The minimum absolute atomic E-state index is 0.0294. The molecule has 0 saturated carbocycles. The Morgan fingerprint density at radius 1 is 1.14 bits per heavy atom. The van der Waals surface area contributed by atoms with Crippen LogP contribution < -0.4 is 4.31 Å². The summed E-state index contributed by atoms with van der Waals surface area (Å²) in [4.78, 5) is 22.8. The van der Waals surface area contributed by atoms with Crippen molar-refractivity contribution in [3.63, 3.8) is 0 Å². The van der Waals surface area contributed by atoms with Gasteiger partial charge in [0.1, 0.15) is 0 Å². The summed E-state index contributed by atoms with van der Waals surface area (Å²) in [6.07, 6.45) is 3.58. The van der Waals surface area contributed by atoms with E-state index in [1.807, 2.05) is 0 Å². The van der Waals surface area contributed by atoms with Crippen molar-refractivity contribution in [1.29, 1.82) is 0 Å². The van der Waals surface area contributed by atoms with E-state index in [1.54, 1.807) is 24.3 Å². The Morgan fingerprint density at radius 2 is 1.89 bits per heavy atom. The van der Waals surface area contributed by atoms with E-state index in [-0.39, 0.29) is 28.3 Å². The van der Waals surface area contributed by atoms with Gasteiger partial charge in [-0.1, -0.05) is 30.4 Å². The van der Waals surface area contributed by atoms with E-state index < -0.39 is 32.9 Å². The van der Waals surface area contributed by atoms with Crippen LogP contribution in [0.4, 0.5) is 11.4 Å². The van der Waals surface area contributed by atoms with E-state index in [0.29, 0.717) is 5.06 Å². The number of hydrogen-bond donors (Lipinski definition) is 1. The second-order valence-electron chi connectivity index (χ2n) is 6.44. The molecule has 0 fully saturated rings. The highest BCUT2D eigenvalue weighted by atomic mass is 32.2. The van der Waals surface area contributed by atoms with Gasteiger partial charge in [-0.3, -0.25) is 24.4 Å². The van der Waals surface area contributed by atoms with Gasteiger partial charge in [-0.25, -0.2) is 13.5 Å². The normalized spacial score (nSPS) is 21.2. The Morgan fingerprint density at radius 3 is 2.64 bits per heavy atom. The average Bonchev–Trinajstić information content (AvgIpc) is 3.13. The molecule has 4 rings (SSSR count). The number of fused-ring (bicyclic) bond motifs is 2. The van der Waals surface area contributed by atoms with Gasteiger partial charge >= 0.3 is 0 Å². The molecular weight excluding hydrogens is 386 g/mol. The fourth-order valence-electron chi connectivity index (χ4n) is 3.55. The molecule has 0 unspecified atom stereocenters. The van der Waals surface area contributed by atoms with Gasteiger partial charge in [0.2, 0.25) is 0 Å². The topological polar surface area (TPSA) is 121 Å². The van der Waals surface area contributed by atoms with Crippen LogP contribution in [-0.4, -0.2) is 41.6 Å². The van der Waals surface area contributed by atoms with E-state index in [2.05, 4.69) is 0 Å². The molecule has 2 atom stereocenters. The molecule has 0 spiro atoms. The van der Waals surface area contributed by atoms with E-state index >= 15 is 0 Å². The maximum atomic E-state index is 13.5. The summed E-state index contributed by atoms with van der Waals surface area (Å²) in [5.74, 6) is -0.703. The molecular formula is C18H15N3O6S. The zero-order chi connectivity index (χ0) is 20.1. The summed E-state index contributed by atoms with van der Waals surface area (Å²) < 4.78 is 28.0. The lowest BCUT2D eigenvalue weighted by Gasteiger charge is -2.32. The quantitative estimate of drug-likeness (QED) is 0.365. The number of nitrogens with zero attached hydrogens (tertiary/aromatic N) is 3. The molecule has 1 N–H and O–H groups in total. The molecule has 10 heteroatoms. The van der Waals surface area contributed by atoms with E-state index in [0.717, 1.165) is 10.4 Å². The van der Waals surface area contributed by atoms with Crippen LogP contribution >= 0.6 is 0 Å².